The van der Waals surface area contributed by atoms with Crippen LogP contribution >= 0.6 is 0 Å². The molecule has 1 aromatic heterocycles. The first kappa shape index (κ1) is 18.9. The van der Waals surface area contributed by atoms with Gasteiger partial charge >= 0.3 is 6.03 Å². The number of nitrogens with zero attached hydrogens (tertiary/aromatic N) is 2. The highest BCUT2D eigenvalue weighted by atomic mass is 19.1. The van der Waals surface area contributed by atoms with Crippen molar-refractivity contribution < 1.29 is 14.3 Å². The van der Waals surface area contributed by atoms with Crippen molar-refractivity contribution in [2.24, 2.45) is 5.92 Å². The summed E-state index contributed by atoms with van der Waals surface area (Å²) >= 11 is 0. The molecule has 2 amide bonds. The Morgan fingerprint density at radius 1 is 1.36 bits per heavy atom. The fraction of sp³-hybridized carbons (Fsp3) is 0.444. The van der Waals surface area contributed by atoms with E-state index in [-0.39, 0.29) is 24.3 Å². The van der Waals surface area contributed by atoms with Crippen LogP contribution in [0.4, 0.5) is 9.18 Å². The quantitative estimate of drug-likeness (QED) is 0.719. The van der Waals surface area contributed by atoms with Gasteiger partial charge in [0.2, 0.25) is 0 Å². The molecule has 3 N–H and O–H groups in total. The molecule has 0 fully saturated rings. The van der Waals surface area contributed by atoms with Crippen LogP contribution in [0.3, 0.4) is 0 Å². The number of urea groups is 1. The summed E-state index contributed by atoms with van der Waals surface area (Å²) in [6.45, 7) is 6.26. The first-order valence-electron chi connectivity index (χ1n) is 8.37. The molecule has 0 bridgehead atoms. The van der Waals surface area contributed by atoms with Gasteiger partial charge in [-0.3, -0.25) is 0 Å². The Hall–Kier alpha value is -2.41. The molecule has 0 spiro atoms. The first-order chi connectivity index (χ1) is 11.9. The van der Waals surface area contributed by atoms with Crippen molar-refractivity contribution in [1.29, 1.82) is 0 Å². The van der Waals surface area contributed by atoms with Gasteiger partial charge in [0.15, 0.2) is 0 Å². The number of hydrogen-bond donors (Lipinski definition) is 3. The van der Waals surface area contributed by atoms with Crippen molar-refractivity contribution in [3.8, 4) is 5.69 Å². The maximum Gasteiger partial charge on any atom is 0.315 e. The number of amides is 2. The van der Waals surface area contributed by atoms with Crippen molar-refractivity contribution >= 4 is 6.03 Å². The zero-order valence-corrected chi connectivity index (χ0v) is 14.8. The van der Waals surface area contributed by atoms with E-state index < -0.39 is 6.10 Å². The summed E-state index contributed by atoms with van der Waals surface area (Å²) in [6, 6.07) is 4.49. The van der Waals surface area contributed by atoms with Crippen LogP contribution in [0.5, 0.6) is 0 Å². The van der Waals surface area contributed by atoms with Gasteiger partial charge < -0.3 is 20.3 Å². The molecule has 0 aliphatic rings. The number of aliphatic hydroxyl groups is 1. The van der Waals surface area contributed by atoms with Crippen molar-refractivity contribution in [2.45, 2.75) is 39.8 Å². The van der Waals surface area contributed by atoms with Gasteiger partial charge in [-0.05, 0) is 37.0 Å². The van der Waals surface area contributed by atoms with Gasteiger partial charge in [0, 0.05) is 25.5 Å². The minimum Gasteiger partial charge on any atom is -0.393 e. The Balaban J connectivity index is 1.84. The second-order valence-electron chi connectivity index (χ2n) is 6.34. The molecule has 2 aromatic rings. The molecule has 0 radical (unpaired) electrons. The number of aliphatic hydroxyl groups excluding tert-OH is 1. The van der Waals surface area contributed by atoms with Crippen LogP contribution in [0.25, 0.3) is 5.69 Å². The van der Waals surface area contributed by atoms with Gasteiger partial charge in [-0.25, -0.2) is 14.2 Å². The maximum absolute atomic E-state index is 14.3. The van der Waals surface area contributed by atoms with Crippen LogP contribution in [0, 0.1) is 18.7 Å². The molecule has 2 rings (SSSR count). The summed E-state index contributed by atoms with van der Waals surface area (Å²) in [5.74, 6) is 0.485. The molecule has 6 nitrogen and oxygen atoms in total. The van der Waals surface area contributed by atoms with E-state index in [1.807, 2.05) is 13.8 Å². The van der Waals surface area contributed by atoms with Gasteiger partial charge in [0.05, 0.1) is 11.8 Å². The Kier molecular flexibility index (Phi) is 6.52. The smallest absolute Gasteiger partial charge is 0.315 e. The molecule has 136 valence electrons. The van der Waals surface area contributed by atoms with E-state index >= 15 is 0 Å². The number of benzene rings is 1. The molecule has 0 saturated heterocycles. The second-order valence-corrected chi connectivity index (χ2v) is 6.34. The van der Waals surface area contributed by atoms with Crippen LogP contribution in [0.2, 0.25) is 0 Å². The lowest BCUT2D eigenvalue weighted by Crippen LogP contribution is -2.37. The molecule has 0 aliphatic carbocycles. The third-order valence-corrected chi connectivity index (χ3v) is 4.05. The van der Waals surface area contributed by atoms with E-state index in [1.165, 1.54) is 6.07 Å². The van der Waals surface area contributed by atoms with E-state index in [4.69, 9.17) is 0 Å². The topological polar surface area (TPSA) is 79.2 Å². The lowest BCUT2D eigenvalue weighted by Gasteiger charge is -2.15. The van der Waals surface area contributed by atoms with Crippen molar-refractivity contribution in [1.82, 2.24) is 20.2 Å². The van der Waals surface area contributed by atoms with Crippen LogP contribution in [-0.4, -0.2) is 33.3 Å². The highest BCUT2D eigenvalue weighted by Gasteiger charge is 2.10. The number of nitrogens with one attached hydrogen (secondary N) is 2. The molecular formula is C18H25FN4O2. The fourth-order valence-electron chi connectivity index (χ4n) is 2.40. The average molecular weight is 348 g/mol. The van der Waals surface area contributed by atoms with Crippen molar-refractivity contribution in [3.63, 3.8) is 0 Å². The zero-order chi connectivity index (χ0) is 18.4. The van der Waals surface area contributed by atoms with Crippen LogP contribution < -0.4 is 10.6 Å². The van der Waals surface area contributed by atoms with E-state index in [0.717, 1.165) is 0 Å². The Morgan fingerprint density at radius 2 is 2.12 bits per heavy atom. The maximum atomic E-state index is 14.3. The fourth-order valence-corrected chi connectivity index (χ4v) is 2.40. The number of imidazole rings is 1. The third kappa shape index (κ3) is 5.29. The summed E-state index contributed by atoms with van der Waals surface area (Å²) in [7, 11) is 0. The normalized spacial score (nSPS) is 12.2. The molecule has 1 aromatic carbocycles. The number of hydrogen-bond acceptors (Lipinski definition) is 3. The largest absolute Gasteiger partial charge is 0.393 e. The predicted molar refractivity (Wildman–Crippen MR) is 94.0 cm³/mol. The summed E-state index contributed by atoms with van der Waals surface area (Å²) in [4.78, 5) is 15.8. The molecule has 1 atom stereocenters. The van der Waals surface area contributed by atoms with Crippen LogP contribution in [-0.2, 0) is 6.54 Å². The highest BCUT2D eigenvalue weighted by Crippen LogP contribution is 2.16. The molecule has 1 heterocycles. The Bertz CT molecular complexity index is 715. The Morgan fingerprint density at radius 3 is 2.72 bits per heavy atom. The molecule has 0 saturated carbocycles. The van der Waals surface area contributed by atoms with E-state index in [2.05, 4.69) is 15.6 Å². The number of rotatable bonds is 7. The number of carbonyl (C=O) groups excluding carboxylic acids is 1. The van der Waals surface area contributed by atoms with Gasteiger partial charge in [0.25, 0.3) is 0 Å². The van der Waals surface area contributed by atoms with Gasteiger partial charge in [-0.15, -0.1) is 0 Å². The van der Waals surface area contributed by atoms with Crippen molar-refractivity contribution in [3.05, 3.63) is 47.8 Å². The first-order valence-corrected chi connectivity index (χ1v) is 8.37. The zero-order valence-electron chi connectivity index (χ0n) is 14.8. The lowest BCUT2D eigenvalue weighted by molar-refractivity contribution is 0.116. The molecule has 0 aliphatic heterocycles. The predicted octanol–water partition coefficient (Wildman–Crippen LogP) is 2.53. The number of halogens is 1. The summed E-state index contributed by atoms with van der Waals surface area (Å²) in [5.41, 5.74) is 1.09. The lowest BCUT2D eigenvalue weighted by atomic mass is 10.0. The summed E-state index contributed by atoms with van der Waals surface area (Å²) in [6.07, 6.45) is 3.38. The number of carbonyl (C=O) groups is 1. The van der Waals surface area contributed by atoms with Crippen LogP contribution in [0.15, 0.2) is 30.6 Å². The molecule has 7 heteroatoms. The molecule has 25 heavy (non-hydrogen) atoms. The Labute approximate surface area is 147 Å². The minimum atomic E-state index is -0.437. The highest BCUT2D eigenvalue weighted by molar-refractivity contribution is 5.73. The van der Waals surface area contributed by atoms with E-state index in [1.54, 1.807) is 36.0 Å². The van der Waals surface area contributed by atoms with E-state index in [0.29, 0.717) is 30.0 Å². The third-order valence-electron chi connectivity index (χ3n) is 4.05. The standard InChI is InChI=1S/C18H25FN4O2/c1-12(2)17(24)6-7-21-18(25)22-11-14-4-5-16(15(19)10-14)23-9-8-20-13(23)3/h4-5,8-10,12,17,24H,6-7,11H2,1-3H3,(H2,21,22,25). The van der Waals surface area contributed by atoms with E-state index in [9.17, 15) is 14.3 Å². The van der Waals surface area contributed by atoms with Crippen LogP contribution in [0.1, 0.15) is 31.7 Å². The summed E-state index contributed by atoms with van der Waals surface area (Å²) in [5, 5.41) is 15.0. The SMILES string of the molecule is Cc1nccn1-c1ccc(CNC(=O)NCCC(O)C(C)C)cc1F. The number of aromatic nitrogens is 2. The summed E-state index contributed by atoms with van der Waals surface area (Å²) < 4.78 is 15.9. The monoisotopic (exact) mass is 348 g/mol. The number of aryl methyl sites for hydroxylation is 1. The van der Waals surface area contributed by atoms with Crippen molar-refractivity contribution in [2.75, 3.05) is 6.54 Å². The second kappa shape index (κ2) is 8.62. The molecular weight excluding hydrogens is 323 g/mol. The van der Waals surface area contributed by atoms with Gasteiger partial charge in [-0.2, -0.15) is 0 Å². The minimum absolute atomic E-state index is 0.158. The average Bonchev–Trinajstić information content (AvgIpc) is 2.98. The van der Waals surface area contributed by atoms with Gasteiger partial charge in [-0.1, -0.05) is 19.9 Å². The van der Waals surface area contributed by atoms with Gasteiger partial charge in [0.1, 0.15) is 11.6 Å². The molecule has 1 unspecified atom stereocenters.